The second-order valence-corrected chi connectivity index (χ2v) is 24.6. The molecule has 0 aliphatic carbocycles. The molecular formula is C73H133NO10. The van der Waals surface area contributed by atoms with E-state index in [1.165, 1.54) is 205 Å². The Bertz CT molecular complexity index is 1600. The highest BCUT2D eigenvalue weighted by Crippen LogP contribution is 2.26. The molecule has 0 radical (unpaired) electrons. The Morgan fingerprint density at radius 3 is 1.25 bits per heavy atom. The maximum Gasteiger partial charge on any atom is 0.306 e. The number of hydrogen-bond acceptors (Lipinski definition) is 10. The summed E-state index contributed by atoms with van der Waals surface area (Å²) in [6.45, 7) is 5.78. The number of unbranched alkanes of at least 4 members (excludes halogenated alkanes) is 39. The molecule has 11 nitrogen and oxygen atoms in total. The molecule has 0 aromatic carbocycles. The quantitative estimate of drug-likeness (QED) is 0.0195. The molecule has 0 aromatic heterocycles. The standard InChI is InChI=1S/C73H133NO10/c1-4-7-10-13-16-19-22-25-27-29-31-32-33-34-35-36-37-39-41-43-46-49-52-55-58-61-68(78)84-71-70(80)69(79)67(62-75)83-73(71)82-63-64(65(76)59-56-53-50-47-44-24-21-18-15-12-9-6-3)74-72(81)66(77)60-57-54-51-48-45-42-40-38-30-28-26-23-20-17-14-11-8-5-2/h17,20,26,28,38,40,45,48,56,59,64-67,69-71,73,75-77,79-80H,4-16,18-19,21-25,27,29-37,39,41-44,46-47,49-55,57-58,60-63H2,1-3H3,(H,74,81)/b20-17-,28-26-,40-38-,48-45-,59-56+. The van der Waals surface area contributed by atoms with Crippen LogP contribution < -0.4 is 5.32 Å². The zero-order valence-corrected chi connectivity index (χ0v) is 54.5. The summed E-state index contributed by atoms with van der Waals surface area (Å²) in [6.07, 6.45) is 67.0. The Kier molecular flexibility index (Phi) is 57.3. The molecule has 1 aliphatic heterocycles. The largest absolute Gasteiger partial charge is 0.454 e. The molecule has 6 N–H and O–H groups in total. The lowest BCUT2D eigenvalue weighted by Gasteiger charge is -2.41. The zero-order valence-electron chi connectivity index (χ0n) is 54.5. The summed E-state index contributed by atoms with van der Waals surface area (Å²) in [5, 5.41) is 57.1. The van der Waals surface area contributed by atoms with E-state index in [9.17, 15) is 35.1 Å². The highest BCUT2D eigenvalue weighted by Gasteiger charge is 2.47. The van der Waals surface area contributed by atoms with Gasteiger partial charge in [-0.1, -0.05) is 313 Å². The van der Waals surface area contributed by atoms with Crippen molar-refractivity contribution in [1.29, 1.82) is 0 Å². The van der Waals surface area contributed by atoms with Gasteiger partial charge in [-0.05, 0) is 70.6 Å². The molecule has 8 unspecified atom stereocenters. The van der Waals surface area contributed by atoms with Crippen LogP contribution in [0.4, 0.5) is 0 Å². The van der Waals surface area contributed by atoms with Crippen LogP contribution in [-0.4, -0.2) is 99.6 Å². The number of ether oxygens (including phenoxy) is 3. The van der Waals surface area contributed by atoms with Gasteiger partial charge in [0.1, 0.15) is 24.4 Å². The number of esters is 1. The van der Waals surface area contributed by atoms with Gasteiger partial charge in [-0.25, -0.2) is 0 Å². The molecule has 1 saturated heterocycles. The van der Waals surface area contributed by atoms with Crippen molar-refractivity contribution in [3.63, 3.8) is 0 Å². The Hall–Kier alpha value is -2.64. The van der Waals surface area contributed by atoms with E-state index in [1.807, 2.05) is 6.08 Å². The van der Waals surface area contributed by atoms with Gasteiger partial charge in [0.05, 0.1) is 25.4 Å². The van der Waals surface area contributed by atoms with Crippen LogP contribution in [0, 0.1) is 0 Å². The van der Waals surface area contributed by atoms with Crippen molar-refractivity contribution in [2.75, 3.05) is 13.2 Å². The van der Waals surface area contributed by atoms with Crippen LogP contribution in [-0.2, 0) is 23.8 Å². The molecule has 1 aliphatic rings. The number of amides is 1. The summed E-state index contributed by atoms with van der Waals surface area (Å²) in [5.74, 6) is -1.22. The molecule has 1 rings (SSSR count). The van der Waals surface area contributed by atoms with Crippen LogP contribution >= 0.6 is 0 Å². The van der Waals surface area contributed by atoms with Crippen molar-refractivity contribution in [3.8, 4) is 0 Å². The van der Waals surface area contributed by atoms with Crippen LogP contribution in [0.3, 0.4) is 0 Å². The van der Waals surface area contributed by atoms with Crippen LogP contribution in [0.1, 0.15) is 329 Å². The van der Waals surface area contributed by atoms with Gasteiger partial charge in [-0.15, -0.1) is 0 Å². The highest BCUT2D eigenvalue weighted by molar-refractivity contribution is 5.80. The second kappa shape index (κ2) is 60.6. The van der Waals surface area contributed by atoms with Crippen LogP contribution in [0.25, 0.3) is 0 Å². The SMILES string of the molecule is CCCCC/C=C\C/C=C\C/C=C\C/C=C\CCCCC(O)C(=O)NC(COC1OC(CO)C(O)C(O)C1OC(=O)CCCCCCCCCCCCCCCCCCCCCCCCCCC)C(O)/C=C/CCCCCCCCCCCC. The lowest BCUT2D eigenvalue weighted by Crippen LogP contribution is -2.61. The fraction of sp³-hybridized carbons (Fsp3) is 0.836. The van der Waals surface area contributed by atoms with Crippen molar-refractivity contribution in [2.45, 2.75) is 378 Å². The molecule has 84 heavy (non-hydrogen) atoms. The number of carbonyl (C=O) groups excluding carboxylic acids is 2. The molecule has 490 valence electrons. The molecule has 8 atom stereocenters. The van der Waals surface area contributed by atoms with Gasteiger partial charge >= 0.3 is 5.97 Å². The van der Waals surface area contributed by atoms with E-state index >= 15 is 0 Å². The van der Waals surface area contributed by atoms with E-state index in [0.29, 0.717) is 12.8 Å². The van der Waals surface area contributed by atoms with Gasteiger partial charge < -0.3 is 45.1 Å². The summed E-state index contributed by atoms with van der Waals surface area (Å²) in [6, 6.07) is -1.04. The number of nitrogens with one attached hydrogen (secondary N) is 1. The molecule has 0 spiro atoms. The van der Waals surface area contributed by atoms with Crippen molar-refractivity contribution < 1.29 is 49.3 Å². The minimum absolute atomic E-state index is 0.122. The van der Waals surface area contributed by atoms with Gasteiger partial charge in [0.25, 0.3) is 0 Å². The topological polar surface area (TPSA) is 175 Å². The molecule has 0 aromatic rings. The molecule has 1 heterocycles. The van der Waals surface area contributed by atoms with Gasteiger partial charge in [-0.2, -0.15) is 0 Å². The summed E-state index contributed by atoms with van der Waals surface area (Å²) < 4.78 is 17.7. The van der Waals surface area contributed by atoms with Crippen LogP contribution in [0.5, 0.6) is 0 Å². The van der Waals surface area contributed by atoms with E-state index in [1.54, 1.807) is 6.08 Å². The first-order chi connectivity index (χ1) is 41.2. The number of aliphatic hydroxyl groups excluding tert-OH is 5. The van der Waals surface area contributed by atoms with Crippen molar-refractivity contribution in [1.82, 2.24) is 5.32 Å². The van der Waals surface area contributed by atoms with E-state index in [0.717, 1.165) is 77.0 Å². The van der Waals surface area contributed by atoms with E-state index < -0.39 is 67.4 Å². The predicted octanol–water partition coefficient (Wildman–Crippen LogP) is 18.1. The number of carbonyl (C=O) groups is 2. The Balaban J connectivity index is 2.58. The first kappa shape index (κ1) is 79.4. The van der Waals surface area contributed by atoms with Crippen LogP contribution in [0.15, 0.2) is 60.8 Å². The monoisotopic (exact) mass is 1180 g/mol. The highest BCUT2D eigenvalue weighted by atomic mass is 16.7. The number of aliphatic hydroxyl groups is 5. The summed E-state index contributed by atoms with van der Waals surface area (Å²) in [4.78, 5) is 26.6. The number of allylic oxidation sites excluding steroid dienone is 9. The summed E-state index contributed by atoms with van der Waals surface area (Å²) in [7, 11) is 0. The molecule has 11 heteroatoms. The maximum atomic E-state index is 13.4. The second-order valence-electron chi connectivity index (χ2n) is 24.6. The Morgan fingerprint density at radius 2 is 0.821 bits per heavy atom. The van der Waals surface area contributed by atoms with Gasteiger partial charge in [-0.3, -0.25) is 9.59 Å². The normalized spacial score (nSPS) is 18.8. The third kappa shape index (κ3) is 47.4. The molecule has 1 fully saturated rings. The van der Waals surface area contributed by atoms with Gasteiger partial charge in [0.15, 0.2) is 12.4 Å². The zero-order chi connectivity index (χ0) is 61.0. The predicted molar refractivity (Wildman–Crippen MR) is 352 cm³/mol. The Labute approximate surface area is 516 Å². The van der Waals surface area contributed by atoms with Crippen molar-refractivity contribution >= 4 is 11.9 Å². The van der Waals surface area contributed by atoms with Gasteiger partial charge in [0, 0.05) is 6.42 Å². The molecule has 0 bridgehead atoms. The first-order valence-corrected chi connectivity index (χ1v) is 35.6. The van der Waals surface area contributed by atoms with Gasteiger partial charge in [0.2, 0.25) is 5.91 Å². The molecule has 1 amide bonds. The minimum Gasteiger partial charge on any atom is -0.454 e. The third-order valence-electron chi connectivity index (χ3n) is 16.7. The summed E-state index contributed by atoms with van der Waals surface area (Å²) >= 11 is 0. The average molecular weight is 1180 g/mol. The first-order valence-electron chi connectivity index (χ1n) is 35.6. The van der Waals surface area contributed by atoms with Crippen LogP contribution in [0.2, 0.25) is 0 Å². The minimum atomic E-state index is -1.62. The lowest BCUT2D eigenvalue weighted by atomic mass is 9.99. The van der Waals surface area contributed by atoms with E-state index in [-0.39, 0.29) is 19.4 Å². The van der Waals surface area contributed by atoms with E-state index in [2.05, 4.69) is 74.7 Å². The molecular weight excluding hydrogens is 1050 g/mol. The van der Waals surface area contributed by atoms with Crippen molar-refractivity contribution in [2.24, 2.45) is 0 Å². The average Bonchev–Trinajstić information content (AvgIpc) is 3.67. The smallest absolute Gasteiger partial charge is 0.306 e. The maximum absolute atomic E-state index is 13.4. The fourth-order valence-corrected chi connectivity index (χ4v) is 11.0. The van der Waals surface area contributed by atoms with E-state index in [4.69, 9.17) is 14.2 Å². The summed E-state index contributed by atoms with van der Waals surface area (Å²) in [5.41, 5.74) is 0. The third-order valence-corrected chi connectivity index (χ3v) is 16.7. The van der Waals surface area contributed by atoms with Crippen molar-refractivity contribution in [3.05, 3.63) is 60.8 Å². The molecule has 0 saturated carbocycles. The Morgan fingerprint density at radius 1 is 0.464 bits per heavy atom. The number of rotatable bonds is 61. The lowest BCUT2D eigenvalue weighted by molar-refractivity contribution is -0.305. The number of hydrogen-bond donors (Lipinski definition) is 6. The fourth-order valence-electron chi connectivity index (χ4n) is 11.0.